The maximum atomic E-state index is 12.4. The molecule has 0 fully saturated rings. The molecule has 4 heteroatoms. The van der Waals surface area contributed by atoms with Crippen molar-refractivity contribution in [1.29, 1.82) is 0 Å². The minimum Gasteiger partial charge on any atom is -0.460 e. The number of Topliss-reactive ketones (excluding diaryl/α,β-unsaturated/α-hetero) is 1. The lowest BCUT2D eigenvalue weighted by molar-refractivity contribution is -0.153. The molecule has 0 amide bonds. The van der Waals surface area contributed by atoms with Crippen molar-refractivity contribution >= 4 is 23.4 Å². The van der Waals surface area contributed by atoms with Gasteiger partial charge in [-0.05, 0) is 30.2 Å². The number of halogens is 1. The van der Waals surface area contributed by atoms with Gasteiger partial charge in [0.1, 0.15) is 18.3 Å². The quantitative estimate of drug-likeness (QED) is 0.582. The van der Waals surface area contributed by atoms with Gasteiger partial charge in [0.05, 0.1) is 0 Å². The zero-order valence-corrected chi connectivity index (χ0v) is 13.9. The highest BCUT2D eigenvalue weighted by atomic mass is 35.5. The molecular weight excluding hydrogens is 312 g/mol. The van der Waals surface area contributed by atoms with Crippen LogP contribution in [0.5, 0.6) is 0 Å². The lowest BCUT2D eigenvalue weighted by Crippen LogP contribution is -2.29. The Labute approximate surface area is 141 Å². The highest BCUT2D eigenvalue weighted by Crippen LogP contribution is 2.27. The van der Waals surface area contributed by atoms with Crippen LogP contribution in [0.25, 0.3) is 0 Å². The van der Waals surface area contributed by atoms with Crippen molar-refractivity contribution in [3.63, 3.8) is 0 Å². The normalized spacial score (nSPS) is 13.2. The van der Waals surface area contributed by atoms with Crippen LogP contribution < -0.4 is 0 Å². The average Bonchev–Trinajstić information content (AvgIpc) is 2.54. The third kappa shape index (κ3) is 4.67. The van der Waals surface area contributed by atoms with E-state index in [1.165, 1.54) is 6.92 Å². The van der Waals surface area contributed by atoms with Crippen molar-refractivity contribution in [3.8, 4) is 0 Å². The molecule has 0 spiro atoms. The van der Waals surface area contributed by atoms with Crippen molar-refractivity contribution in [3.05, 3.63) is 70.7 Å². The molecule has 23 heavy (non-hydrogen) atoms. The van der Waals surface area contributed by atoms with Crippen LogP contribution in [0.2, 0.25) is 5.02 Å². The van der Waals surface area contributed by atoms with Gasteiger partial charge in [0, 0.05) is 10.9 Å². The van der Waals surface area contributed by atoms with Gasteiger partial charge in [0.25, 0.3) is 0 Å². The fourth-order valence-corrected chi connectivity index (χ4v) is 2.63. The second-order valence-corrected chi connectivity index (χ2v) is 5.96. The summed E-state index contributed by atoms with van der Waals surface area (Å²) in [6.07, 6.45) is 0. The summed E-state index contributed by atoms with van der Waals surface area (Å²) < 4.78 is 5.33. The third-order valence-corrected chi connectivity index (χ3v) is 4.06. The first-order valence-corrected chi connectivity index (χ1v) is 7.83. The summed E-state index contributed by atoms with van der Waals surface area (Å²) in [5.41, 5.74) is 1.77. The van der Waals surface area contributed by atoms with E-state index in [1.54, 1.807) is 12.1 Å². The SMILES string of the molecule is CC(=O)C(C(=O)OCc1ccccc1)C(C)c1ccc(Cl)cc1. The summed E-state index contributed by atoms with van der Waals surface area (Å²) in [6.45, 7) is 3.43. The molecule has 2 atom stereocenters. The molecule has 0 bridgehead atoms. The largest absolute Gasteiger partial charge is 0.460 e. The number of carbonyl (C=O) groups excluding carboxylic acids is 2. The van der Waals surface area contributed by atoms with Gasteiger partial charge < -0.3 is 4.74 Å². The van der Waals surface area contributed by atoms with Crippen LogP contribution in [-0.2, 0) is 20.9 Å². The Morgan fingerprint density at radius 3 is 2.22 bits per heavy atom. The predicted molar refractivity (Wildman–Crippen MR) is 90.3 cm³/mol. The van der Waals surface area contributed by atoms with Gasteiger partial charge in [0.2, 0.25) is 0 Å². The second-order valence-electron chi connectivity index (χ2n) is 5.52. The monoisotopic (exact) mass is 330 g/mol. The zero-order chi connectivity index (χ0) is 16.8. The molecule has 0 saturated carbocycles. The van der Waals surface area contributed by atoms with Gasteiger partial charge in [-0.25, -0.2) is 0 Å². The fraction of sp³-hybridized carbons (Fsp3) is 0.263. The van der Waals surface area contributed by atoms with Crippen LogP contribution in [0.1, 0.15) is 30.9 Å². The minimum atomic E-state index is -0.820. The lowest BCUT2D eigenvalue weighted by Gasteiger charge is -2.20. The van der Waals surface area contributed by atoms with Crippen molar-refractivity contribution in [2.45, 2.75) is 26.4 Å². The van der Waals surface area contributed by atoms with E-state index in [4.69, 9.17) is 16.3 Å². The van der Waals surface area contributed by atoms with Gasteiger partial charge in [-0.2, -0.15) is 0 Å². The maximum Gasteiger partial charge on any atom is 0.317 e. The molecule has 120 valence electrons. The molecule has 2 rings (SSSR count). The Bertz CT molecular complexity index is 665. The van der Waals surface area contributed by atoms with E-state index in [-0.39, 0.29) is 18.3 Å². The first-order chi connectivity index (χ1) is 11.0. The Morgan fingerprint density at radius 1 is 1.04 bits per heavy atom. The van der Waals surface area contributed by atoms with Crippen molar-refractivity contribution in [1.82, 2.24) is 0 Å². The first kappa shape index (κ1) is 17.2. The van der Waals surface area contributed by atoms with Crippen LogP contribution >= 0.6 is 11.6 Å². The number of hydrogen-bond donors (Lipinski definition) is 0. The van der Waals surface area contributed by atoms with Gasteiger partial charge in [0.15, 0.2) is 0 Å². The van der Waals surface area contributed by atoms with Crippen LogP contribution in [0, 0.1) is 5.92 Å². The van der Waals surface area contributed by atoms with Crippen molar-refractivity contribution in [2.24, 2.45) is 5.92 Å². The Morgan fingerprint density at radius 2 is 1.65 bits per heavy atom. The molecule has 0 aliphatic heterocycles. The van der Waals surface area contributed by atoms with Gasteiger partial charge >= 0.3 is 5.97 Å². The first-order valence-electron chi connectivity index (χ1n) is 7.45. The predicted octanol–water partition coefficient (Wildman–Crippen LogP) is 4.39. The number of hydrogen-bond acceptors (Lipinski definition) is 3. The second kappa shape index (κ2) is 7.93. The van der Waals surface area contributed by atoms with E-state index in [0.29, 0.717) is 5.02 Å². The van der Waals surface area contributed by atoms with Crippen LogP contribution in [0.4, 0.5) is 0 Å². The summed E-state index contributed by atoms with van der Waals surface area (Å²) in [5.74, 6) is -1.79. The molecule has 2 aromatic rings. The van der Waals surface area contributed by atoms with E-state index in [2.05, 4.69) is 0 Å². The molecule has 2 unspecified atom stereocenters. The summed E-state index contributed by atoms with van der Waals surface area (Å²) in [6, 6.07) is 16.5. The van der Waals surface area contributed by atoms with Crippen LogP contribution in [-0.4, -0.2) is 11.8 Å². The Balaban J connectivity index is 2.09. The molecule has 0 saturated heterocycles. The number of esters is 1. The standard InChI is InChI=1S/C19H19ClO3/c1-13(16-8-10-17(20)11-9-16)18(14(2)21)19(22)23-12-15-6-4-3-5-7-15/h3-11,13,18H,12H2,1-2H3. The highest BCUT2D eigenvalue weighted by molar-refractivity contribution is 6.30. The number of carbonyl (C=O) groups is 2. The van der Waals surface area contributed by atoms with Crippen molar-refractivity contribution < 1.29 is 14.3 Å². The molecule has 0 aliphatic rings. The zero-order valence-electron chi connectivity index (χ0n) is 13.2. The molecular formula is C19H19ClO3. The topological polar surface area (TPSA) is 43.4 Å². The minimum absolute atomic E-state index is 0.163. The van der Waals surface area contributed by atoms with E-state index < -0.39 is 11.9 Å². The number of ether oxygens (including phenoxy) is 1. The van der Waals surface area contributed by atoms with E-state index in [0.717, 1.165) is 11.1 Å². The van der Waals surface area contributed by atoms with Crippen LogP contribution in [0.3, 0.4) is 0 Å². The number of benzene rings is 2. The Hall–Kier alpha value is -2.13. The average molecular weight is 331 g/mol. The lowest BCUT2D eigenvalue weighted by atomic mass is 9.85. The molecule has 0 heterocycles. The number of rotatable bonds is 6. The smallest absolute Gasteiger partial charge is 0.317 e. The third-order valence-electron chi connectivity index (χ3n) is 3.81. The summed E-state index contributed by atoms with van der Waals surface area (Å²) >= 11 is 5.88. The molecule has 0 aromatic heterocycles. The Kier molecular flexibility index (Phi) is 5.94. The fourth-order valence-electron chi connectivity index (χ4n) is 2.50. The van der Waals surface area contributed by atoms with Crippen LogP contribution in [0.15, 0.2) is 54.6 Å². The molecule has 2 aromatic carbocycles. The molecule has 0 radical (unpaired) electrons. The van der Waals surface area contributed by atoms with Crippen molar-refractivity contribution in [2.75, 3.05) is 0 Å². The summed E-state index contributed by atoms with van der Waals surface area (Å²) in [5, 5.41) is 0.618. The summed E-state index contributed by atoms with van der Waals surface area (Å²) in [7, 11) is 0. The van der Waals surface area contributed by atoms with E-state index in [9.17, 15) is 9.59 Å². The van der Waals surface area contributed by atoms with Gasteiger partial charge in [-0.15, -0.1) is 0 Å². The molecule has 3 nitrogen and oxygen atoms in total. The number of ketones is 1. The maximum absolute atomic E-state index is 12.4. The van der Waals surface area contributed by atoms with E-state index in [1.807, 2.05) is 49.4 Å². The molecule has 0 N–H and O–H groups in total. The summed E-state index contributed by atoms with van der Waals surface area (Å²) in [4.78, 5) is 24.3. The molecule has 0 aliphatic carbocycles. The highest BCUT2D eigenvalue weighted by Gasteiger charge is 2.31. The van der Waals surface area contributed by atoms with Gasteiger partial charge in [-0.1, -0.05) is 61.0 Å². The van der Waals surface area contributed by atoms with E-state index >= 15 is 0 Å². The van der Waals surface area contributed by atoms with Gasteiger partial charge in [-0.3, -0.25) is 9.59 Å².